The Labute approximate surface area is 133 Å². The lowest BCUT2D eigenvalue weighted by atomic mass is 10.2. The second-order valence-electron chi connectivity index (χ2n) is 4.99. The van der Waals surface area contributed by atoms with Gasteiger partial charge in [-0.3, -0.25) is 0 Å². The van der Waals surface area contributed by atoms with Gasteiger partial charge >= 0.3 is 0 Å². The number of nitrogens with two attached hydrogens (primary N) is 1. The van der Waals surface area contributed by atoms with Gasteiger partial charge in [-0.1, -0.05) is 37.0 Å². The third-order valence-corrected chi connectivity index (χ3v) is 3.38. The van der Waals surface area contributed by atoms with Gasteiger partial charge in [0.1, 0.15) is 17.5 Å². The van der Waals surface area contributed by atoms with E-state index in [9.17, 15) is 0 Å². The van der Waals surface area contributed by atoms with Crippen molar-refractivity contribution in [3.63, 3.8) is 0 Å². The van der Waals surface area contributed by atoms with Gasteiger partial charge in [-0.15, -0.1) is 0 Å². The second kappa shape index (κ2) is 6.47. The van der Waals surface area contributed by atoms with Crippen molar-refractivity contribution in [1.82, 2.24) is 9.97 Å². The summed E-state index contributed by atoms with van der Waals surface area (Å²) in [6.45, 7) is 5.92. The molecule has 0 amide bonds. The summed E-state index contributed by atoms with van der Waals surface area (Å²) in [5, 5.41) is 4.32. The van der Waals surface area contributed by atoms with Gasteiger partial charge in [-0.2, -0.15) is 0 Å². The Balaban J connectivity index is 2.45. The van der Waals surface area contributed by atoms with E-state index in [4.69, 9.17) is 29.0 Å². The summed E-state index contributed by atoms with van der Waals surface area (Å²) in [4.78, 5) is 8.92. The van der Waals surface area contributed by atoms with Crippen LogP contribution in [0.25, 0.3) is 0 Å². The van der Waals surface area contributed by atoms with Crippen LogP contribution < -0.4 is 16.6 Å². The van der Waals surface area contributed by atoms with Crippen LogP contribution in [-0.2, 0) is 0 Å². The highest BCUT2D eigenvalue weighted by atomic mass is 35.5. The van der Waals surface area contributed by atoms with Gasteiger partial charge in [-0.25, -0.2) is 15.8 Å². The van der Waals surface area contributed by atoms with Crippen molar-refractivity contribution in [2.45, 2.75) is 26.7 Å². The van der Waals surface area contributed by atoms with Gasteiger partial charge < -0.3 is 10.7 Å². The Morgan fingerprint density at radius 2 is 1.62 bits per heavy atom. The quantitative estimate of drug-likeness (QED) is 0.578. The zero-order valence-electron chi connectivity index (χ0n) is 12.0. The molecule has 2 rings (SSSR count). The maximum Gasteiger partial charge on any atom is 0.148 e. The average Bonchev–Trinajstić information content (AvgIpc) is 2.39. The molecule has 0 bridgehead atoms. The molecule has 1 aromatic heterocycles. The molecule has 0 saturated heterocycles. The summed E-state index contributed by atoms with van der Waals surface area (Å²) < 4.78 is 0. The fourth-order valence-corrected chi connectivity index (χ4v) is 2.34. The first-order chi connectivity index (χ1) is 9.90. The van der Waals surface area contributed by atoms with E-state index in [2.05, 4.69) is 20.7 Å². The zero-order chi connectivity index (χ0) is 15.6. The van der Waals surface area contributed by atoms with E-state index in [1.54, 1.807) is 18.2 Å². The first-order valence-corrected chi connectivity index (χ1v) is 7.24. The summed E-state index contributed by atoms with van der Waals surface area (Å²) in [6, 6.07) is 5.23. The molecular weight excluding hydrogens is 309 g/mol. The van der Waals surface area contributed by atoms with Crippen LogP contribution in [0.15, 0.2) is 18.2 Å². The molecule has 0 atom stereocenters. The summed E-state index contributed by atoms with van der Waals surface area (Å²) in [6.07, 6.45) is 0. The molecule has 0 radical (unpaired) electrons. The standard InChI is InChI=1S/C14H17Cl2N5/c1-7(2)12-19-13(8(3)14(20-12)21-17)18-11-5-9(15)4-10(16)6-11/h4-7H,17H2,1-3H3,(H2,18,19,20,21). The number of benzene rings is 1. The molecule has 1 heterocycles. The number of hydrogen-bond donors (Lipinski definition) is 3. The lowest BCUT2D eigenvalue weighted by Crippen LogP contribution is -2.14. The molecule has 2 aromatic rings. The van der Waals surface area contributed by atoms with Crippen LogP contribution in [0.4, 0.5) is 17.3 Å². The van der Waals surface area contributed by atoms with Crippen molar-refractivity contribution >= 4 is 40.5 Å². The molecule has 21 heavy (non-hydrogen) atoms. The molecule has 112 valence electrons. The van der Waals surface area contributed by atoms with Crippen molar-refractivity contribution in [1.29, 1.82) is 0 Å². The van der Waals surface area contributed by atoms with Gasteiger partial charge in [0.15, 0.2) is 0 Å². The number of aromatic nitrogens is 2. The Bertz CT molecular complexity index is 638. The van der Waals surface area contributed by atoms with Crippen LogP contribution in [0.3, 0.4) is 0 Å². The van der Waals surface area contributed by atoms with Crippen LogP contribution in [-0.4, -0.2) is 9.97 Å². The van der Waals surface area contributed by atoms with Crippen LogP contribution >= 0.6 is 23.2 Å². The molecule has 0 spiro atoms. The number of nitrogens with one attached hydrogen (secondary N) is 2. The van der Waals surface area contributed by atoms with E-state index in [1.807, 2.05) is 20.8 Å². The minimum Gasteiger partial charge on any atom is -0.340 e. The van der Waals surface area contributed by atoms with Crippen molar-refractivity contribution in [2.75, 3.05) is 10.7 Å². The molecule has 0 aliphatic rings. The summed E-state index contributed by atoms with van der Waals surface area (Å²) in [7, 11) is 0. The van der Waals surface area contributed by atoms with Crippen LogP contribution in [0.1, 0.15) is 31.2 Å². The maximum atomic E-state index is 6.01. The van der Waals surface area contributed by atoms with Crippen LogP contribution in [0, 0.1) is 6.92 Å². The lowest BCUT2D eigenvalue weighted by molar-refractivity contribution is 0.774. The molecule has 0 aliphatic heterocycles. The number of nitrogens with zero attached hydrogens (tertiary/aromatic N) is 2. The van der Waals surface area contributed by atoms with Crippen molar-refractivity contribution in [3.8, 4) is 0 Å². The highest BCUT2D eigenvalue weighted by Gasteiger charge is 2.13. The van der Waals surface area contributed by atoms with Crippen LogP contribution in [0.2, 0.25) is 10.0 Å². The predicted octanol–water partition coefficient (Wildman–Crippen LogP) is 4.24. The Kier molecular flexibility index (Phi) is 4.88. The molecule has 0 aliphatic carbocycles. The largest absolute Gasteiger partial charge is 0.340 e. The monoisotopic (exact) mass is 325 g/mol. The molecule has 7 heteroatoms. The third kappa shape index (κ3) is 3.75. The second-order valence-corrected chi connectivity index (χ2v) is 5.86. The number of rotatable bonds is 4. The summed E-state index contributed by atoms with van der Waals surface area (Å²) in [5.41, 5.74) is 4.17. The molecule has 1 aromatic carbocycles. The highest BCUT2D eigenvalue weighted by molar-refractivity contribution is 6.35. The topological polar surface area (TPSA) is 75.9 Å². The van der Waals surface area contributed by atoms with Gasteiger partial charge in [0.25, 0.3) is 0 Å². The first kappa shape index (κ1) is 15.8. The molecule has 5 nitrogen and oxygen atoms in total. The average molecular weight is 326 g/mol. The Morgan fingerprint density at radius 3 is 2.14 bits per heavy atom. The minimum atomic E-state index is 0.182. The van der Waals surface area contributed by atoms with E-state index in [0.29, 0.717) is 27.5 Å². The Morgan fingerprint density at radius 1 is 1.05 bits per heavy atom. The van der Waals surface area contributed by atoms with Crippen LogP contribution in [0.5, 0.6) is 0 Å². The maximum absolute atomic E-state index is 6.01. The number of hydrazine groups is 1. The minimum absolute atomic E-state index is 0.182. The predicted molar refractivity (Wildman–Crippen MR) is 88.4 cm³/mol. The van der Waals surface area contributed by atoms with Crippen molar-refractivity contribution in [3.05, 3.63) is 39.6 Å². The fourth-order valence-electron chi connectivity index (χ4n) is 1.82. The normalized spacial score (nSPS) is 10.8. The highest BCUT2D eigenvalue weighted by Crippen LogP contribution is 2.28. The molecule has 0 fully saturated rings. The first-order valence-electron chi connectivity index (χ1n) is 6.49. The summed E-state index contributed by atoms with van der Waals surface area (Å²) >= 11 is 12.0. The third-order valence-electron chi connectivity index (χ3n) is 2.94. The lowest BCUT2D eigenvalue weighted by Gasteiger charge is -2.15. The molecule has 4 N–H and O–H groups in total. The number of halogens is 2. The number of anilines is 3. The van der Waals surface area contributed by atoms with Gasteiger partial charge in [0.05, 0.1) is 0 Å². The van der Waals surface area contributed by atoms with Gasteiger partial charge in [-0.05, 0) is 25.1 Å². The van der Waals surface area contributed by atoms with E-state index in [0.717, 1.165) is 11.3 Å². The molecule has 0 unspecified atom stereocenters. The number of nitrogen functional groups attached to an aromatic ring is 1. The van der Waals surface area contributed by atoms with Crippen molar-refractivity contribution in [2.24, 2.45) is 5.84 Å². The van der Waals surface area contributed by atoms with Crippen molar-refractivity contribution < 1.29 is 0 Å². The fraction of sp³-hybridized carbons (Fsp3) is 0.286. The van der Waals surface area contributed by atoms with E-state index < -0.39 is 0 Å². The van der Waals surface area contributed by atoms with E-state index in [-0.39, 0.29) is 5.92 Å². The Hall–Kier alpha value is -1.56. The zero-order valence-corrected chi connectivity index (χ0v) is 13.5. The van der Waals surface area contributed by atoms with E-state index in [1.165, 1.54) is 0 Å². The smallest absolute Gasteiger partial charge is 0.148 e. The number of hydrogen-bond acceptors (Lipinski definition) is 5. The molecular formula is C14H17Cl2N5. The molecule has 0 saturated carbocycles. The summed E-state index contributed by atoms with van der Waals surface area (Å²) in [5.74, 6) is 7.65. The SMILES string of the molecule is Cc1c(NN)nc(C(C)C)nc1Nc1cc(Cl)cc(Cl)c1. The van der Waals surface area contributed by atoms with Gasteiger partial charge in [0.2, 0.25) is 0 Å². The van der Waals surface area contributed by atoms with Gasteiger partial charge in [0, 0.05) is 27.2 Å². The van der Waals surface area contributed by atoms with E-state index >= 15 is 0 Å².